The van der Waals surface area contributed by atoms with Crippen LogP contribution in [0.15, 0.2) is 51.6 Å². The minimum Gasteiger partial charge on any atom is -0.303 e. The highest BCUT2D eigenvalue weighted by Crippen LogP contribution is 2.33. The van der Waals surface area contributed by atoms with Crippen LogP contribution in [0.4, 0.5) is 5.82 Å². The number of azide groups is 1. The maximum atomic E-state index is 11.5. The van der Waals surface area contributed by atoms with Crippen LogP contribution in [-0.4, -0.2) is 50.4 Å². The first-order valence-corrected chi connectivity index (χ1v) is 8.51. The van der Waals surface area contributed by atoms with Crippen LogP contribution in [-0.2, 0) is 4.79 Å². The van der Waals surface area contributed by atoms with E-state index in [0.29, 0.717) is 24.1 Å². The molecule has 0 spiro atoms. The summed E-state index contributed by atoms with van der Waals surface area (Å²) >= 11 is 1.23. The summed E-state index contributed by atoms with van der Waals surface area (Å²) in [5.41, 5.74) is 10.1. The van der Waals surface area contributed by atoms with E-state index < -0.39 is 5.91 Å². The number of nitrogens with zero attached hydrogens (tertiary/aromatic N) is 8. The highest BCUT2D eigenvalue weighted by molar-refractivity contribution is 8.14. The van der Waals surface area contributed by atoms with Gasteiger partial charge in [0.25, 0.3) is 0 Å². The Kier molecular flexibility index (Phi) is 3.96. The molecule has 1 aromatic heterocycles. The molecule has 0 N–H and O–H groups in total. The van der Waals surface area contributed by atoms with Crippen LogP contribution in [0.25, 0.3) is 16.1 Å². The zero-order valence-corrected chi connectivity index (χ0v) is 13.8. The summed E-state index contributed by atoms with van der Waals surface area (Å²) in [5.74, 6) is 0.990. The van der Waals surface area contributed by atoms with Gasteiger partial charge in [-0.05, 0) is 22.8 Å². The molecule has 0 unspecified atom stereocenters. The number of hydrogen-bond donors (Lipinski definition) is 0. The Morgan fingerprint density at radius 2 is 2.20 bits per heavy atom. The maximum Gasteiger partial charge on any atom is 0.229 e. The zero-order chi connectivity index (χ0) is 17.2. The Morgan fingerprint density at radius 3 is 3.00 bits per heavy atom. The van der Waals surface area contributed by atoms with E-state index in [1.807, 2.05) is 35.2 Å². The molecule has 9 nitrogen and oxygen atoms in total. The van der Waals surface area contributed by atoms with Gasteiger partial charge in [0.2, 0.25) is 5.91 Å². The van der Waals surface area contributed by atoms with E-state index >= 15 is 0 Å². The summed E-state index contributed by atoms with van der Waals surface area (Å²) < 4.78 is 1.75. The Balaban J connectivity index is 1.73. The third-order valence-electron chi connectivity index (χ3n) is 3.74. The highest BCUT2D eigenvalue weighted by atomic mass is 32.2. The normalized spacial score (nSPS) is 15.0. The molecule has 3 heterocycles. The van der Waals surface area contributed by atoms with Crippen molar-refractivity contribution < 1.29 is 4.79 Å². The molecule has 0 bridgehead atoms. The molecule has 4 rings (SSSR count). The van der Waals surface area contributed by atoms with E-state index in [-0.39, 0.29) is 5.75 Å². The molecular weight excluding hydrogens is 340 g/mol. The molecule has 10 heteroatoms. The van der Waals surface area contributed by atoms with Crippen molar-refractivity contribution >= 4 is 34.5 Å². The number of hydrogen-bond acceptors (Lipinski definition) is 6. The smallest absolute Gasteiger partial charge is 0.229 e. The fourth-order valence-corrected chi connectivity index (χ4v) is 3.49. The van der Waals surface area contributed by atoms with Gasteiger partial charge in [-0.3, -0.25) is 9.79 Å². The molecule has 0 aliphatic carbocycles. The van der Waals surface area contributed by atoms with Crippen molar-refractivity contribution in [2.24, 2.45) is 15.1 Å². The van der Waals surface area contributed by atoms with Crippen molar-refractivity contribution in [2.45, 2.75) is 0 Å². The van der Waals surface area contributed by atoms with Crippen LogP contribution in [0.2, 0.25) is 0 Å². The lowest BCUT2D eigenvalue weighted by atomic mass is 10.2. The van der Waals surface area contributed by atoms with Crippen molar-refractivity contribution in [1.29, 1.82) is 0 Å². The molecule has 0 saturated heterocycles. The topological polar surface area (TPSA) is 112 Å². The number of thioether (sulfide) groups is 1. The first-order valence-electron chi connectivity index (χ1n) is 7.53. The lowest BCUT2D eigenvalue weighted by Crippen LogP contribution is -2.35. The number of amidine groups is 2. The van der Waals surface area contributed by atoms with E-state index in [1.165, 1.54) is 11.8 Å². The molecule has 1 aromatic carbocycles. The highest BCUT2D eigenvalue weighted by Gasteiger charge is 2.32. The molecule has 124 valence electrons. The van der Waals surface area contributed by atoms with Crippen LogP contribution in [0, 0.1) is 0 Å². The number of para-hydroxylation sites is 1. The Bertz CT molecular complexity index is 942. The van der Waals surface area contributed by atoms with Crippen molar-refractivity contribution in [3.8, 4) is 5.69 Å². The van der Waals surface area contributed by atoms with Gasteiger partial charge >= 0.3 is 0 Å². The summed E-state index contributed by atoms with van der Waals surface area (Å²) in [6, 6.07) is 9.70. The molecule has 2 aromatic rings. The third-order valence-corrected chi connectivity index (χ3v) is 4.70. The van der Waals surface area contributed by atoms with Gasteiger partial charge in [0.1, 0.15) is 5.84 Å². The van der Waals surface area contributed by atoms with Gasteiger partial charge in [-0.15, -0.1) is 0 Å². The number of amides is 1. The lowest BCUT2D eigenvalue weighted by Gasteiger charge is -2.25. The molecule has 0 radical (unpaired) electrons. The largest absolute Gasteiger partial charge is 0.303 e. The number of aromatic nitrogens is 2. The number of aliphatic imine (C=N–C) groups is 2. The maximum absolute atomic E-state index is 11.5. The Labute approximate surface area is 146 Å². The van der Waals surface area contributed by atoms with Crippen molar-refractivity contribution in [1.82, 2.24) is 14.7 Å². The van der Waals surface area contributed by atoms with Crippen LogP contribution < -0.4 is 0 Å². The zero-order valence-electron chi connectivity index (χ0n) is 13.0. The third kappa shape index (κ3) is 2.77. The predicted octanol–water partition coefficient (Wildman–Crippen LogP) is 2.51. The lowest BCUT2D eigenvalue weighted by molar-refractivity contribution is -0.115. The minimum atomic E-state index is -0.532. The monoisotopic (exact) mass is 352 g/mol. The quantitative estimate of drug-likeness (QED) is 0.480. The second-order valence-electron chi connectivity index (χ2n) is 5.25. The van der Waals surface area contributed by atoms with E-state index in [2.05, 4.69) is 20.1 Å². The number of fused-ring (bicyclic) bond motifs is 3. The Hall–Kier alpha value is -3.10. The van der Waals surface area contributed by atoms with Crippen LogP contribution >= 0.6 is 11.8 Å². The van der Waals surface area contributed by atoms with Crippen LogP contribution in [0.5, 0.6) is 0 Å². The summed E-state index contributed by atoms with van der Waals surface area (Å²) in [6.45, 7) is 1.36. The van der Waals surface area contributed by atoms with E-state index in [9.17, 15) is 4.79 Å². The minimum absolute atomic E-state index is 0.0292. The van der Waals surface area contributed by atoms with Crippen molar-refractivity contribution in [3.63, 3.8) is 0 Å². The molecular formula is C15H12N8OS. The molecule has 2 aliphatic heterocycles. The Morgan fingerprint density at radius 1 is 1.36 bits per heavy atom. The number of carbonyl (C=O) groups excluding carboxylic acids is 1. The SMILES string of the molecule is [N-]=[N+]=NC(=O)CSC1=Nc2c(cnn2-c2ccccc2)C2=NCCN12. The van der Waals surface area contributed by atoms with E-state index in [0.717, 1.165) is 17.1 Å². The molecule has 0 fully saturated rings. The molecule has 2 aliphatic rings. The van der Waals surface area contributed by atoms with Gasteiger partial charge in [0.15, 0.2) is 11.0 Å². The molecule has 25 heavy (non-hydrogen) atoms. The standard InChI is InChI=1S/C15H12N8OS/c16-21-20-12(24)9-25-15-19-14-11(13-17-6-7-22(13)15)8-18-23(14)10-4-2-1-3-5-10/h1-5,8H,6-7,9H2. The van der Waals surface area contributed by atoms with Gasteiger partial charge in [0.05, 0.1) is 29.7 Å². The van der Waals surface area contributed by atoms with E-state index in [1.54, 1.807) is 10.9 Å². The molecule has 0 saturated carbocycles. The van der Waals surface area contributed by atoms with Crippen LogP contribution in [0.3, 0.4) is 0 Å². The summed E-state index contributed by atoms with van der Waals surface area (Å²) in [7, 11) is 0. The van der Waals surface area contributed by atoms with Gasteiger partial charge < -0.3 is 4.90 Å². The van der Waals surface area contributed by atoms with Gasteiger partial charge in [-0.1, -0.05) is 30.0 Å². The van der Waals surface area contributed by atoms with Gasteiger partial charge in [-0.2, -0.15) is 5.10 Å². The van der Waals surface area contributed by atoms with Crippen molar-refractivity contribution in [3.05, 3.63) is 52.5 Å². The second-order valence-corrected chi connectivity index (χ2v) is 6.19. The van der Waals surface area contributed by atoms with Gasteiger partial charge in [0, 0.05) is 11.5 Å². The summed E-state index contributed by atoms with van der Waals surface area (Å²) in [4.78, 5) is 25.2. The second kappa shape index (κ2) is 6.42. The number of rotatable bonds is 3. The summed E-state index contributed by atoms with van der Waals surface area (Å²) in [6.07, 6.45) is 1.76. The summed E-state index contributed by atoms with van der Waals surface area (Å²) in [5, 5.41) is 8.20. The van der Waals surface area contributed by atoms with Gasteiger partial charge in [-0.25, -0.2) is 9.67 Å². The molecule has 1 amide bonds. The average Bonchev–Trinajstić information content (AvgIpc) is 3.27. The number of carbonyl (C=O) groups is 1. The molecule has 0 atom stereocenters. The average molecular weight is 352 g/mol. The first-order chi connectivity index (χ1) is 12.3. The fraction of sp³-hybridized carbons (Fsp3) is 0.200. The first kappa shape index (κ1) is 15.4. The van der Waals surface area contributed by atoms with Crippen molar-refractivity contribution in [2.75, 3.05) is 18.8 Å². The van der Waals surface area contributed by atoms with E-state index in [4.69, 9.17) is 10.5 Å². The predicted molar refractivity (Wildman–Crippen MR) is 95.4 cm³/mol. The van der Waals surface area contributed by atoms with Crippen LogP contribution in [0.1, 0.15) is 5.56 Å². The fourth-order valence-electron chi connectivity index (χ4n) is 2.70. The number of benzene rings is 1.